The monoisotopic (exact) mass is 396 g/mol. The minimum Gasteiger partial charge on any atom is -0.484 e. The molecule has 2 fully saturated rings. The largest absolute Gasteiger partial charge is 0.484 e. The van der Waals surface area contributed by atoms with Crippen LogP contribution in [0.3, 0.4) is 0 Å². The number of halogens is 1. The number of carbonyl (C=O) groups is 2. The van der Waals surface area contributed by atoms with Gasteiger partial charge in [0.15, 0.2) is 6.61 Å². The summed E-state index contributed by atoms with van der Waals surface area (Å²) >= 11 is 0. The van der Waals surface area contributed by atoms with Gasteiger partial charge in [0.1, 0.15) is 17.1 Å². The molecule has 4 rings (SSSR count). The summed E-state index contributed by atoms with van der Waals surface area (Å²) in [5.41, 5.74) is 1.23. The molecule has 2 aliphatic rings. The first-order chi connectivity index (χ1) is 14.0. The first-order valence-corrected chi connectivity index (χ1v) is 10.1. The van der Waals surface area contributed by atoms with Crippen LogP contribution < -0.4 is 9.64 Å². The molecular formula is C23H25FN2O3. The summed E-state index contributed by atoms with van der Waals surface area (Å²) in [6.45, 7) is 3.07. The molecule has 0 saturated carbocycles. The highest BCUT2D eigenvalue weighted by Crippen LogP contribution is 2.39. The molecule has 1 atom stereocenters. The molecule has 0 aliphatic carbocycles. The zero-order valence-electron chi connectivity index (χ0n) is 16.6. The molecule has 5 nitrogen and oxygen atoms in total. The normalized spacial score (nSPS) is 21.7. The summed E-state index contributed by atoms with van der Waals surface area (Å²) in [6.07, 6.45) is 3.00. The van der Waals surface area contributed by atoms with Crippen LogP contribution in [-0.2, 0) is 9.59 Å². The Morgan fingerprint density at radius 1 is 1.03 bits per heavy atom. The van der Waals surface area contributed by atoms with Crippen molar-refractivity contribution in [2.75, 3.05) is 24.6 Å². The molecular weight excluding hydrogens is 371 g/mol. The van der Waals surface area contributed by atoms with Crippen molar-refractivity contribution >= 4 is 17.5 Å². The molecule has 2 amide bonds. The van der Waals surface area contributed by atoms with Crippen molar-refractivity contribution in [1.82, 2.24) is 4.90 Å². The Bertz CT molecular complexity index is 897. The van der Waals surface area contributed by atoms with E-state index < -0.39 is 5.54 Å². The van der Waals surface area contributed by atoms with Gasteiger partial charge in [0.25, 0.3) is 11.8 Å². The second kappa shape index (κ2) is 7.85. The fourth-order valence-electron chi connectivity index (χ4n) is 4.44. The van der Waals surface area contributed by atoms with Gasteiger partial charge in [0, 0.05) is 18.8 Å². The number of carbonyl (C=O) groups excluding carboxylic acids is 2. The Morgan fingerprint density at radius 2 is 1.69 bits per heavy atom. The number of amides is 2. The van der Waals surface area contributed by atoms with Gasteiger partial charge in [-0.25, -0.2) is 4.39 Å². The summed E-state index contributed by atoms with van der Waals surface area (Å²) in [7, 11) is 0. The van der Waals surface area contributed by atoms with Crippen molar-refractivity contribution in [2.45, 2.75) is 38.1 Å². The van der Waals surface area contributed by atoms with Crippen LogP contribution in [0, 0.1) is 12.7 Å². The zero-order chi connectivity index (χ0) is 20.4. The lowest BCUT2D eigenvalue weighted by molar-refractivity contribution is -0.146. The van der Waals surface area contributed by atoms with E-state index in [4.69, 9.17) is 4.74 Å². The van der Waals surface area contributed by atoms with Gasteiger partial charge in [0.05, 0.1) is 0 Å². The Hall–Kier alpha value is -2.89. The third kappa shape index (κ3) is 3.71. The summed E-state index contributed by atoms with van der Waals surface area (Å²) in [4.78, 5) is 30.0. The molecule has 152 valence electrons. The van der Waals surface area contributed by atoms with Gasteiger partial charge in [-0.3, -0.25) is 9.59 Å². The first kappa shape index (κ1) is 19.4. The number of hydrogen-bond donors (Lipinski definition) is 0. The van der Waals surface area contributed by atoms with E-state index in [2.05, 4.69) is 0 Å². The molecule has 29 heavy (non-hydrogen) atoms. The summed E-state index contributed by atoms with van der Waals surface area (Å²) in [6, 6.07) is 13.5. The first-order valence-electron chi connectivity index (χ1n) is 10.1. The molecule has 1 unspecified atom stereocenters. The number of piperidine rings is 1. The molecule has 6 heteroatoms. The third-order valence-electron chi connectivity index (χ3n) is 5.93. The van der Waals surface area contributed by atoms with E-state index in [9.17, 15) is 14.0 Å². The number of rotatable bonds is 4. The van der Waals surface area contributed by atoms with E-state index in [1.807, 2.05) is 36.1 Å². The molecule has 2 aliphatic heterocycles. The number of benzene rings is 2. The quantitative estimate of drug-likeness (QED) is 0.792. The Kier molecular flexibility index (Phi) is 5.26. The molecule has 2 aromatic carbocycles. The van der Waals surface area contributed by atoms with E-state index in [0.717, 1.165) is 24.1 Å². The number of ether oxygens (including phenoxy) is 1. The summed E-state index contributed by atoms with van der Waals surface area (Å²) < 4.78 is 18.6. The molecule has 2 heterocycles. The fraction of sp³-hybridized carbons (Fsp3) is 0.391. The number of nitrogens with zero attached hydrogens (tertiary/aromatic N) is 2. The Labute approximate surface area is 170 Å². The van der Waals surface area contributed by atoms with Crippen LogP contribution in [0.1, 0.15) is 31.2 Å². The standard InChI is InChI=1S/C23H25FN2O3/c1-17-4-8-19(9-5-17)25-14-2-12-23(22(25)28)13-3-15-26(23)21(27)16-29-20-10-6-18(24)7-11-20/h4-11H,2-3,12-16H2,1H3. The van der Waals surface area contributed by atoms with E-state index in [-0.39, 0.29) is 24.2 Å². The average molecular weight is 396 g/mol. The maximum absolute atomic E-state index is 13.5. The average Bonchev–Trinajstić information content (AvgIpc) is 3.15. The van der Waals surface area contributed by atoms with Crippen molar-refractivity contribution < 1.29 is 18.7 Å². The lowest BCUT2D eigenvalue weighted by atomic mass is 9.85. The van der Waals surface area contributed by atoms with E-state index in [1.54, 1.807) is 4.90 Å². The van der Waals surface area contributed by atoms with Gasteiger partial charge in [-0.15, -0.1) is 0 Å². The molecule has 0 N–H and O–H groups in total. The summed E-state index contributed by atoms with van der Waals surface area (Å²) in [5, 5.41) is 0. The van der Waals surface area contributed by atoms with E-state index >= 15 is 0 Å². The maximum Gasteiger partial charge on any atom is 0.261 e. The van der Waals surface area contributed by atoms with Crippen LogP contribution in [0.5, 0.6) is 5.75 Å². The molecule has 1 spiro atoms. The molecule has 0 aromatic heterocycles. The SMILES string of the molecule is Cc1ccc(N2CCCC3(CCCN3C(=O)COc3ccc(F)cc3)C2=O)cc1. The van der Waals surface area contributed by atoms with Crippen LogP contribution >= 0.6 is 0 Å². The van der Waals surface area contributed by atoms with Crippen LogP contribution in [0.25, 0.3) is 0 Å². The molecule has 0 bridgehead atoms. The Balaban J connectivity index is 1.50. The maximum atomic E-state index is 13.5. The Morgan fingerprint density at radius 3 is 2.38 bits per heavy atom. The highest BCUT2D eigenvalue weighted by Gasteiger charge is 2.52. The van der Waals surface area contributed by atoms with Gasteiger partial charge in [-0.2, -0.15) is 0 Å². The van der Waals surface area contributed by atoms with Crippen LogP contribution in [0.15, 0.2) is 48.5 Å². The second-order valence-electron chi connectivity index (χ2n) is 7.82. The van der Waals surface area contributed by atoms with Crippen molar-refractivity contribution in [3.63, 3.8) is 0 Å². The van der Waals surface area contributed by atoms with Crippen LogP contribution in [0.4, 0.5) is 10.1 Å². The van der Waals surface area contributed by atoms with Crippen molar-refractivity contribution in [2.24, 2.45) is 0 Å². The number of aryl methyl sites for hydroxylation is 1. The minimum absolute atomic E-state index is 0.000218. The fourth-order valence-corrected chi connectivity index (χ4v) is 4.44. The van der Waals surface area contributed by atoms with Gasteiger partial charge in [0.2, 0.25) is 0 Å². The predicted octanol–water partition coefficient (Wildman–Crippen LogP) is 3.70. The van der Waals surface area contributed by atoms with Gasteiger partial charge in [-0.1, -0.05) is 17.7 Å². The zero-order valence-corrected chi connectivity index (χ0v) is 16.6. The number of likely N-dealkylation sites (tertiary alicyclic amines) is 1. The highest BCUT2D eigenvalue weighted by atomic mass is 19.1. The van der Waals surface area contributed by atoms with Gasteiger partial charge >= 0.3 is 0 Å². The van der Waals surface area contributed by atoms with Crippen molar-refractivity contribution in [1.29, 1.82) is 0 Å². The smallest absolute Gasteiger partial charge is 0.261 e. The third-order valence-corrected chi connectivity index (χ3v) is 5.93. The molecule has 2 saturated heterocycles. The van der Waals surface area contributed by atoms with Crippen molar-refractivity contribution in [3.05, 3.63) is 59.9 Å². The van der Waals surface area contributed by atoms with E-state index in [1.165, 1.54) is 24.3 Å². The molecule has 2 aromatic rings. The van der Waals surface area contributed by atoms with Gasteiger partial charge in [-0.05, 0) is 69.0 Å². The van der Waals surface area contributed by atoms with E-state index in [0.29, 0.717) is 31.7 Å². The lowest BCUT2D eigenvalue weighted by Gasteiger charge is -2.44. The minimum atomic E-state index is -0.785. The van der Waals surface area contributed by atoms with Gasteiger partial charge < -0.3 is 14.5 Å². The second-order valence-corrected chi connectivity index (χ2v) is 7.82. The number of anilines is 1. The summed E-state index contributed by atoms with van der Waals surface area (Å²) in [5.74, 6) is -0.124. The van der Waals surface area contributed by atoms with Crippen LogP contribution in [0.2, 0.25) is 0 Å². The van der Waals surface area contributed by atoms with Crippen molar-refractivity contribution in [3.8, 4) is 5.75 Å². The predicted molar refractivity (Wildman–Crippen MR) is 108 cm³/mol. The lowest BCUT2D eigenvalue weighted by Crippen LogP contribution is -2.62. The number of hydrogen-bond acceptors (Lipinski definition) is 3. The topological polar surface area (TPSA) is 49.9 Å². The highest BCUT2D eigenvalue weighted by molar-refractivity contribution is 6.03. The molecule has 0 radical (unpaired) electrons. The van der Waals surface area contributed by atoms with Crippen LogP contribution in [-0.4, -0.2) is 41.9 Å².